The van der Waals surface area contributed by atoms with Gasteiger partial charge in [-0.15, -0.1) is 10.2 Å². The van der Waals surface area contributed by atoms with Crippen molar-refractivity contribution in [1.29, 1.82) is 0 Å². The van der Waals surface area contributed by atoms with Crippen LogP contribution >= 0.6 is 10.9 Å². The van der Waals surface area contributed by atoms with Gasteiger partial charge in [0, 0.05) is 34.5 Å². The molecule has 2 aromatic carbocycles. The van der Waals surface area contributed by atoms with E-state index in [4.69, 9.17) is 9.47 Å². The molecule has 2 fully saturated rings. The molecule has 11 nitrogen and oxygen atoms in total. The maximum Gasteiger partial charge on any atom is 0.194 e. The third-order valence-electron chi connectivity index (χ3n) is 8.29. The van der Waals surface area contributed by atoms with Crippen LogP contribution in [-0.2, 0) is 9.47 Å². The largest absolute Gasteiger partial charge is 0.395 e. The molecule has 3 N–H and O–H groups in total. The van der Waals surface area contributed by atoms with Gasteiger partial charge in [0.2, 0.25) is 0 Å². The average Bonchev–Trinajstić information content (AvgIpc) is 3.70. The van der Waals surface area contributed by atoms with Gasteiger partial charge >= 0.3 is 0 Å². The Morgan fingerprint density at radius 1 is 0.932 bits per heavy atom. The molecule has 4 aromatic rings. The van der Waals surface area contributed by atoms with E-state index in [-0.39, 0.29) is 24.5 Å². The lowest BCUT2D eigenvalue weighted by Gasteiger charge is -2.51. The van der Waals surface area contributed by atoms with E-state index in [0.29, 0.717) is 17.0 Å². The Morgan fingerprint density at radius 2 is 1.61 bits per heavy atom. The smallest absolute Gasteiger partial charge is 0.194 e. The number of halogens is 4. The first kappa shape index (κ1) is 30.6. The summed E-state index contributed by atoms with van der Waals surface area (Å²) in [6.45, 7) is -0.0905. The molecule has 2 aromatic heterocycles. The van der Waals surface area contributed by atoms with Gasteiger partial charge in [-0.2, -0.15) is 0 Å². The molecule has 0 saturated carbocycles. The van der Waals surface area contributed by atoms with Crippen molar-refractivity contribution in [3.63, 3.8) is 0 Å². The maximum absolute atomic E-state index is 13.8. The number of thiol groups is 1. The van der Waals surface area contributed by atoms with Crippen LogP contribution in [0.1, 0.15) is 12.1 Å². The van der Waals surface area contributed by atoms with Crippen LogP contribution in [0, 0.1) is 23.3 Å². The molecule has 0 aliphatic carbocycles. The molecule has 0 bridgehead atoms. The van der Waals surface area contributed by atoms with Crippen LogP contribution in [0.25, 0.3) is 22.5 Å². The van der Waals surface area contributed by atoms with Gasteiger partial charge in [-0.3, -0.25) is 0 Å². The van der Waals surface area contributed by atoms with E-state index in [1.165, 1.54) is 34.8 Å². The number of aliphatic hydroxyl groups excluding tert-OH is 3. The van der Waals surface area contributed by atoms with Crippen molar-refractivity contribution in [3.8, 4) is 22.5 Å². The van der Waals surface area contributed by atoms with E-state index in [0.717, 1.165) is 12.1 Å². The fraction of sp³-hybridized carbons (Fsp3) is 0.429. The maximum atomic E-state index is 13.8. The molecule has 1 unspecified atom stereocenters. The number of rotatable bonds is 7. The highest BCUT2D eigenvalue weighted by Crippen LogP contribution is 2.51. The van der Waals surface area contributed by atoms with Crippen LogP contribution in [0.2, 0.25) is 0 Å². The van der Waals surface area contributed by atoms with Crippen molar-refractivity contribution in [3.05, 3.63) is 72.1 Å². The zero-order valence-corrected chi connectivity index (χ0v) is 24.2. The first-order chi connectivity index (χ1) is 21.2. The number of aromatic nitrogens is 6. The van der Waals surface area contributed by atoms with Crippen molar-refractivity contribution >= 4 is 10.9 Å². The highest BCUT2D eigenvalue weighted by Gasteiger charge is 2.49. The molecule has 2 aliphatic rings. The highest BCUT2D eigenvalue weighted by atomic mass is 32.2. The van der Waals surface area contributed by atoms with Gasteiger partial charge < -0.3 is 24.8 Å². The fourth-order valence-electron chi connectivity index (χ4n) is 5.99. The quantitative estimate of drug-likeness (QED) is 0.136. The molecule has 0 amide bonds. The summed E-state index contributed by atoms with van der Waals surface area (Å²) in [6.07, 6.45) is 0.140. The fourth-order valence-corrected chi connectivity index (χ4v) is 9.48. The first-order valence-electron chi connectivity index (χ1n) is 13.8. The molecular weight excluding hydrogens is 608 g/mol. The van der Waals surface area contributed by atoms with Gasteiger partial charge in [0.15, 0.2) is 17.5 Å². The summed E-state index contributed by atoms with van der Waals surface area (Å²) in [5.41, 5.74) is 0.947. The van der Waals surface area contributed by atoms with Crippen molar-refractivity contribution in [2.75, 3.05) is 32.7 Å². The van der Waals surface area contributed by atoms with Gasteiger partial charge in [0.25, 0.3) is 0 Å². The lowest BCUT2D eigenvalue weighted by Crippen LogP contribution is -2.55. The predicted molar refractivity (Wildman–Crippen MR) is 151 cm³/mol. The minimum Gasteiger partial charge on any atom is -0.395 e. The monoisotopic (exact) mass is 638 g/mol. The molecular formula is C28H30F4N6O5S. The predicted octanol–water partition coefficient (Wildman–Crippen LogP) is 2.05. The summed E-state index contributed by atoms with van der Waals surface area (Å²) in [4.78, 5) is 0. The van der Waals surface area contributed by atoms with E-state index < -0.39 is 81.7 Å². The minimum atomic E-state index is -1.60. The highest BCUT2D eigenvalue weighted by molar-refractivity contribution is 8.18. The SMILES string of the molecule is CO[C@H]1C[SH]([C@@H]2COC[C@H](n3cc(-c4cccc(F)c4)nn3)[C@H]2O)[C@H](CO)[C@H](O)[C@@H]1n1cc(-c2cc(F)c(F)c(F)c2)nn1. The number of hydrogen-bond acceptors (Lipinski definition) is 9. The van der Waals surface area contributed by atoms with Crippen LogP contribution < -0.4 is 0 Å². The number of nitrogens with zero attached hydrogens (tertiary/aromatic N) is 6. The molecule has 16 heteroatoms. The Labute approximate surface area is 251 Å². The average molecular weight is 639 g/mol. The van der Waals surface area contributed by atoms with Crippen molar-refractivity contribution in [1.82, 2.24) is 30.0 Å². The number of methoxy groups -OCH3 is 1. The van der Waals surface area contributed by atoms with E-state index in [9.17, 15) is 32.9 Å². The summed E-state index contributed by atoms with van der Waals surface area (Å²) in [5.74, 6) is -4.43. The molecule has 2 saturated heterocycles. The third-order valence-corrected chi connectivity index (χ3v) is 11.7. The van der Waals surface area contributed by atoms with Crippen LogP contribution in [-0.4, -0.2) is 107 Å². The minimum absolute atomic E-state index is 0.0441. The standard InChI is InChI=1S/C28H30F4N6O5S/c1-42-22-13-44(24-12-43-11-21(27(24)40)37-8-19(33-35-37)14-3-2-4-16(29)5-14)23(10-39)28(41)26(22)38-9-20(34-36-38)15-6-17(30)25(32)18(31)7-15/h2-9,21-24,26-28,39-41,44H,10-13H2,1H3/t21-,22-,23+,24+,26+,27+,28-/m0/s1. The number of aliphatic hydroxyl groups is 3. The number of hydrogen-bond donors (Lipinski definition) is 4. The molecule has 8 atom stereocenters. The second kappa shape index (κ2) is 12.5. The summed E-state index contributed by atoms with van der Waals surface area (Å²) in [7, 11) is 0.143. The van der Waals surface area contributed by atoms with Gasteiger partial charge in [-0.25, -0.2) is 37.8 Å². The molecule has 2 aliphatic heterocycles. The second-order valence-electron chi connectivity index (χ2n) is 10.8. The molecule has 0 radical (unpaired) electrons. The van der Waals surface area contributed by atoms with Crippen LogP contribution in [0.5, 0.6) is 0 Å². The Balaban J connectivity index is 1.23. The lowest BCUT2D eigenvalue weighted by molar-refractivity contribution is -0.0339. The third kappa shape index (κ3) is 5.61. The number of benzene rings is 2. The van der Waals surface area contributed by atoms with Gasteiger partial charge in [0.05, 0.1) is 50.5 Å². The summed E-state index contributed by atoms with van der Waals surface area (Å²) in [5, 5.41) is 48.7. The molecule has 6 rings (SSSR count). The summed E-state index contributed by atoms with van der Waals surface area (Å²) >= 11 is 0. The van der Waals surface area contributed by atoms with Crippen molar-refractivity contribution < 1.29 is 42.4 Å². The second-order valence-corrected chi connectivity index (χ2v) is 13.5. The molecule has 236 valence electrons. The van der Waals surface area contributed by atoms with Crippen molar-refractivity contribution in [2.45, 2.75) is 40.9 Å². The van der Waals surface area contributed by atoms with Gasteiger partial charge in [-0.1, -0.05) is 22.6 Å². The Hall–Kier alpha value is -3.41. The number of ether oxygens (including phenoxy) is 2. The van der Waals surface area contributed by atoms with Gasteiger partial charge in [-0.05, 0) is 24.3 Å². The summed E-state index contributed by atoms with van der Waals surface area (Å²) in [6, 6.07) is 6.04. The Bertz CT molecular complexity index is 1600. The molecule has 4 heterocycles. The van der Waals surface area contributed by atoms with E-state index in [1.54, 1.807) is 18.3 Å². The molecule has 44 heavy (non-hydrogen) atoms. The van der Waals surface area contributed by atoms with E-state index in [2.05, 4.69) is 20.6 Å². The Morgan fingerprint density at radius 3 is 2.30 bits per heavy atom. The summed E-state index contributed by atoms with van der Waals surface area (Å²) < 4.78 is 69.3. The normalized spacial score (nSPS) is 30.0. The van der Waals surface area contributed by atoms with Crippen LogP contribution in [0.3, 0.4) is 0 Å². The molecule has 0 spiro atoms. The van der Waals surface area contributed by atoms with Crippen LogP contribution in [0.4, 0.5) is 17.6 Å². The van der Waals surface area contributed by atoms with E-state index >= 15 is 0 Å². The zero-order chi connectivity index (χ0) is 31.1. The Kier molecular flexibility index (Phi) is 8.72. The zero-order valence-electron chi connectivity index (χ0n) is 23.3. The topological polar surface area (TPSA) is 141 Å². The van der Waals surface area contributed by atoms with E-state index in [1.807, 2.05) is 0 Å². The first-order valence-corrected chi connectivity index (χ1v) is 15.4. The lowest BCUT2D eigenvalue weighted by atomic mass is 10.0. The van der Waals surface area contributed by atoms with Gasteiger partial charge in [0.1, 0.15) is 29.3 Å². The van der Waals surface area contributed by atoms with Crippen LogP contribution in [0.15, 0.2) is 48.8 Å². The van der Waals surface area contributed by atoms with Crippen molar-refractivity contribution in [2.24, 2.45) is 0 Å².